The molecule has 0 amide bonds. The zero-order valence-electron chi connectivity index (χ0n) is 6.57. The van der Waals surface area contributed by atoms with E-state index in [1.54, 1.807) is 11.3 Å². The van der Waals surface area contributed by atoms with E-state index in [0.29, 0.717) is 6.10 Å². The van der Waals surface area contributed by atoms with E-state index in [4.69, 9.17) is 4.74 Å². The van der Waals surface area contributed by atoms with Crippen molar-refractivity contribution >= 4 is 16.5 Å². The number of anilines is 1. The molecule has 11 heavy (non-hydrogen) atoms. The maximum Gasteiger partial charge on any atom is 0.185 e. The predicted molar refractivity (Wildman–Crippen MR) is 45.1 cm³/mol. The fourth-order valence-electron chi connectivity index (χ4n) is 0.845. The molecule has 1 saturated heterocycles. The summed E-state index contributed by atoms with van der Waals surface area (Å²) in [7, 11) is 3.99. The first-order valence-electron chi connectivity index (χ1n) is 3.52. The van der Waals surface area contributed by atoms with Crippen LogP contribution in [-0.4, -0.2) is 25.7 Å². The lowest BCUT2D eigenvalue weighted by atomic mass is 10.4. The number of hydrogen-bond donors (Lipinski definition) is 0. The van der Waals surface area contributed by atoms with Gasteiger partial charge in [0.2, 0.25) is 0 Å². The summed E-state index contributed by atoms with van der Waals surface area (Å²) in [5, 5.41) is 1.05. The summed E-state index contributed by atoms with van der Waals surface area (Å²) in [6, 6.07) is 0. The minimum Gasteiger partial charge on any atom is -0.367 e. The third-order valence-electron chi connectivity index (χ3n) is 1.54. The molecule has 1 aliphatic rings. The van der Waals surface area contributed by atoms with Crippen LogP contribution in [0.15, 0.2) is 6.20 Å². The van der Waals surface area contributed by atoms with Gasteiger partial charge in [-0.1, -0.05) is 11.3 Å². The summed E-state index contributed by atoms with van der Waals surface area (Å²) >= 11 is 1.70. The van der Waals surface area contributed by atoms with E-state index in [9.17, 15) is 0 Å². The van der Waals surface area contributed by atoms with Gasteiger partial charge in [0, 0.05) is 20.3 Å². The zero-order valence-corrected chi connectivity index (χ0v) is 7.39. The van der Waals surface area contributed by atoms with Crippen molar-refractivity contribution in [1.29, 1.82) is 0 Å². The van der Waals surface area contributed by atoms with Crippen molar-refractivity contribution in [2.24, 2.45) is 0 Å². The molecule has 2 heterocycles. The van der Waals surface area contributed by atoms with Gasteiger partial charge in [0.25, 0.3) is 0 Å². The van der Waals surface area contributed by atoms with Crippen LogP contribution in [-0.2, 0) is 4.74 Å². The van der Waals surface area contributed by atoms with Gasteiger partial charge >= 0.3 is 0 Å². The van der Waals surface area contributed by atoms with Crippen LogP contribution in [0.2, 0.25) is 0 Å². The smallest absolute Gasteiger partial charge is 0.185 e. The van der Waals surface area contributed by atoms with Gasteiger partial charge < -0.3 is 9.64 Å². The molecule has 0 N–H and O–H groups in total. The van der Waals surface area contributed by atoms with Crippen LogP contribution < -0.4 is 4.90 Å². The quantitative estimate of drug-likeness (QED) is 0.626. The average molecular weight is 170 g/mol. The highest BCUT2D eigenvalue weighted by molar-refractivity contribution is 7.15. The molecule has 1 atom stereocenters. The molecule has 3 nitrogen and oxygen atoms in total. The van der Waals surface area contributed by atoms with Crippen molar-refractivity contribution in [3.05, 3.63) is 11.1 Å². The van der Waals surface area contributed by atoms with Crippen LogP contribution >= 0.6 is 11.3 Å². The van der Waals surface area contributed by atoms with Gasteiger partial charge in [-0.25, -0.2) is 4.98 Å². The third kappa shape index (κ3) is 1.36. The Balaban J connectivity index is 2.18. The van der Waals surface area contributed by atoms with Gasteiger partial charge in [0.1, 0.15) is 6.10 Å². The average Bonchev–Trinajstić information content (AvgIpc) is 2.68. The van der Waals surface area contributed by atoms with Gasteiger partial charge in [-0.05, 0) is 0 Å². The van der Waals surface area contributed by atoms with Gasteiger partial charge in [0.15, 0.2) is 5.13 Å². The van der Waals surface area contributed by atoms with E-state index in [2.05, 4.69) is 4.98 Å². The molecule has 1 aliphatic heterocycles. The van der Waals surface area contributed by atoms with E-state index in [1.165, 1.54) is 4.88 Å². The monoisotopic (exact) mass is 170 g/mol. The summed E-state index contributed by atoms with van der Waals surface area (Å²) in [6.07, 6.45) is 2.25. The van der Waals surface area contributed by atoms with E-state index in [0.717, 1.165) is 11.7 Å². The van der Waals surface area contributed by atoms with Gasteiger partial charge in [-0.3, -0.25) is 0 Å². The second-order valence-electron chi connectivity index (χ2n) is 2.76. The Morgan fingerprint density at radius 3 is 2.91 bits per heavy atom. The van der Waals surface area contributed by atoms with Crippen molar-refractivity contribution in [1.82, 2.24) is 4.98 Å². The van der Waals surface area contributed by atoms with Crippen LogP contribution in [0, 0.1) is 0 Å². The highest BCUT2D eigenvalue weighted by Crippen LogP contribution is 2.35. The molecular weight excluding hydrogens is 160 g/mol. The zero-order chi connectivity index (χ0) is 7.84. The van der Waals surface area contributed by atoms with Gasteiger partial charge in [0.05, 0.1) is 11.5 Å². The molecule has 1 fully saturated rings. The number of rotatable bonds is 2. The summed E-state index contributed by atoms with van der Waals surface area (Å²) in [5.41, 5.74) is 0. The molecule has 0 aromatic carbocycles. The largest absolute Gasteiger partial charge is 0.367 e. The Bertz CT molecular complexity index is 238. The Morgan fingerprint density at radius 2 is 2.45 bits per heavy atom. The first-order chi connectivity index (χ1) is 5.27. The molecule has 0 aliphatic carbocycles. The predicted octanol–water partition coefficient (Wildman–Crippen LogP) is 1.28. The van der Waals surface area contributed by atoms with Gasteiger partial charge in [-0.2, -0.15) is 0 Å². The normalized spacial score (nSPS) is 21.8. The highest BCUT2D eigenvalue weighted by atomic mass is 32.1. The van der Waals surface area contributed by atoms with E-state index < -0.39 is 0 Å². The summed E-state index contributed by atoms with van der Waals surface area (Å²) in [6.45, 7) is 0.870. The van der Waals surface area contributed by atoms with Crippen molar-refractivity contribution in [3.8, 4) is 0 Å². The fourth-order valence-corrected chi connectivity index (χ4v) is 1.72. The Kier molecular flexibility index (Phi) is 1.58. The van der Waals surface area contributed by atoms with Crippen molar-refractivity contribution < 1.29 is 4.74 Å². The maximum absolute atomic E-state index is 5.14. The molecule has 1 aromatic rings. The Labute approximate surface area is 69.6 Å². The van der Waals surface area contributed by atoms with Gasteiger partial charge in [-0.15, -0.1) is 0 Å². The third-order valence-corrected chi connectivity index (χ3v) is 2.80. The first kappa shape index (κ1) is 7.06. The fraction of sp³-hybridized carbons (Fsp3) is 0.571. The van der Waals surface area contributed by atoms with Crippen LogP contribution in [0.3, 0.4) is 0 Å². The van der Waals surface area contributed by atoms with Crippen LogP contribution in [0.4, 0.5) is 5.13 Å². The number of aromatic nitrogens is 1. The topological polar surface area (TPSA) is 28.7 Å². The summed E-state index contributed by atoms with van der Waals surface area (Å²) in [4.78, 5) is 7.50. The standard InChI is InChI=1S/C7H10N2OS/c1-9(2)7-8-3-6(11-7)5-4-10-5/h3,5H,4H2,1-2H3/t5-/m1/s1. The molecular formula is C7H10N2OS. The lowest BCUT2D eigenvalue weighted by molar-refractivity contribution is 0.418. The van der Waals surface area contributed by atoms with E-state index in [1.807, 2.05) is 25.2 Å². The van der Waals surface area contributed by atoms with Crippen molar-refractivity contribution in [2.45, 2.75) is 6.10 Å². The molecule has 0 unspecified atom stereocenters. The second kappa shape index (κ2) is 2.46. The Hall–Kier alpha value is -0.610. The summed E-state index contributed by atoms with van der Waals surface area (Å²) in [5.74, 6) is 0. The van der Waals surface area contributed by atoms with Crippen molar-refractivity contribution in [2.75, 3.05) is 25.6 Å². The molecule has 0 spiro atoms. The molecule has 2 rings (SSSR count). The number of thiazole rings is 1. The molecule has 4 heteroatoms. The van der Waals surface area contributed by atoms with Crippen LogP contribution in [0.1, 0.15) is 11.0 Å². The molecule has 0 radical (unpaired) electrons. The minimum absolute atomic E-state index is 0.348. The maximum atomic E-state index is 5.14. The lowest BCUT2D eigenvalue weighted by Gasteiger charge is -2.04. The number of epoxide rings is 1. The van der Waals surface area contributed by atoms with E-state index >= 15 is 0 Å². The van der Waals surface area contributed by atoms with E-state index in [-0.39, 0.29) is 0 Å². The number of nitrogens with zero attached hydrogens (tertiary/aromatic N) is 2. The minimum atomic E-state index is 0.348. The van der Waals surface area contributed by atoms with Crippen LogP contribution in [0.25, 0.3) is 0 Å². The SMILES string of the molecule is CN(C)c1ncc([C@H]2CO2)s1. The first-order valence-corrected chi connectivity index (χ1v) is 4.33. The molecule has 1 aromatic heterocycles. The molecule has 0 bridgehead atoms. The molecule has 60 valence electrons. The second-order valence-corrected chi connectivity index (χ2v) is 3.80. The highest BCUT2D eigenvalue weighted by Gasteiger charge is 2.27. The lowest BCUT2D eigenvalue weighted by Crippen LogP contribution is -2.07. The molecule has 0 saturated carbocycles. The Morgan fingerprint density at radius 1 is 1.73 bits per heavy atom. The van der Waals surface area contributed by atoms with Crippen molar-refractivity contribution in [3.63, 3.8) is 0 Å². The summed E-state index contributed by atoms with van der Waals surface area (Å²) < 4.78 is 5.14. The van der Waals surface area contributed by atoms with Crippen LogP contribution in [0.5, 0.6) is 0 Å². The number of hydrogen-bond acceptors (Lipinski definition) is 4. The number of ether oxygens (including phenoxy) is 1.